The van der Waals surface area contributed by atoms with Gasteiger partial charge < -0.3 is 14.6 Å². The van der Waals surface area contributed by atoms with E-state index in [0.29, 0.717) is 28.0 Å². The SMILES string of the molecule is COc1ccc(NC(=O)c2cc(C(C)C)nc3onc(C)c23)cc1. The molecule has 0 saturated carbocycles. The molecule has 0 fully saturated rings. The molecule has 0 saturated heterocycles. The molecule has 1 N–H and O–H groups in total. The van der Waals surface area contributed by atoms with Crippen molar-refractivity contribution in [1.29, 1.82) is 0 Å². The Morgan fingerprint density at radius 1 is 1.25 bits per heavy atom. The summed E-state index contributed by atoms with van der Waals surface area (Å²) < 4.78 is 10.4. The molecule has 124 valence electrons. The van der Waals surface area contributed by atoms with Crippen molar-refractivity contribution in [3.8, 4) is 5.75 Å². The highest BCUT2D eigenvalue weighted by Gasteiger charge is 2.19. The summed E-state index contributed by atoms with van der Waals surface area (Å²) >= 11 is 0. The lowest BCUT2D eigenvalue weighted by molar-refractivity contribution is 0.102. The molecule has 1 aromatic carbocycles. The van der Waals surface area contributed by atoms with Crippen LogP contribution in [0.3, 0.4) is 0 Å². The first-order chi connectivity index (χ1) is 11.5. The maximum absolute atomic E-state index is 12.8. The Balaban J connectivity index is 1.99. The first-order valence-corrected chi connectivity index (χ1v) is 7.72. The van der Waals surface area contributed by atoms with Gasteiger partial charge in [0.1, 0.15) is 5.75 Å². The number of aryl methyl sites for hydroxylation is 1. The van der Waals surface area contributed by atoms with Gasteiger partial charge in [-0.1, -0.05) is 19.0 Å². The number of nitrogens with one attached hydrogen (secondary N) is 1. The Labute approximate surface area is 139 Å². The van der Waals surface area contributed by atoms with Crippen LogP contribution in [-0.2, 0) is 0 Å². The summed E-state index contributed by atoms with van der Waals surface area (Å²) in [5.41, 5.74) is 3.02. The van der Waals surface area contributed by atoms with Crippen LogP contribution in [-0.4, -0.2) is 23.2 Å². The van der Waals surface area contributed by atoms with Crippen LogP contribution >= 0.6 is 0 Å². The Morgan fingerprint density at radius 2 is 1.96 bits per heavy atom. The van der Waals surface area contributed by atoms with E-state index >= 15 is 0 Å². The number of methoxy groups -OCH3 is 1. The molecule has 0 atom stereocenters. The first kappa shape index (κ1) is 16.0. The van der Waals surface area contributed by atoms with Crippen molar-refractivity contribution in [2.24, 2.45) is 0 Å². The normalized spacial score (nSPS) is 11.0. The van der Waals surface area contributed by atoms with Crippen LogP contribution in [0.1, 0.15) is 41.5 Å². The average molecular weight is 325 g/mol. The molecule has 0 unspecified atom stereocenters. The van der Waals surface area contributed by atoms with Crippen LogP contribution in [0.25, 0.3) is 11.1 Å². The Kier molecular flexibility index (Phi) is 4.20. The van der Waals surface area contributed by atoms with Crippen molar-refractivity contribution in [2.75, 3.05) is 12.4 Å². The van der Waals surface area contributed by atoms with Gasteiger partial charge in [-0.05, 0) is 43.2 Å². The third-order valence-electron chi connectivity index (χ3n) is 3.82. The minimum atomic E-state index is -0.222. The van der Waals surface area contributed by atoms with Gasteiger partial charge in [0, 0.05) is 11.4 Å². The maximum atomic E-state index is 12.8. The molecule has 6 heteroatoms. The van der Waals surface area contributed by atoms with Crippen molar-refractivity contribution in [3.63, 3.8) is 0 Å². The molecule has 2 aromatic heterocycles. The van der Waals surface area contributed by atoms with Gasteiger partial charge in [0.25, 0.3) is 11.6 Å². The zero-order valence-electron chi connectivity index (χ0n) is 14.1. The standard InChI is InChI=1S/C18H19N3O3/c1-10(2)15-9-14(16-11(3)21-24-18(16)20-15)17(22)19-12-5-7-13(23-4)8-6-12/h5-10H,1-4H3,(H,19,22). The topological polar surface area (TPSA) is 77.2 Å². The van der Waals surface area contributed by atoms with Gasteiger partial charge in [-0.3, -0.25) is 4.79 Å². The summed E-state index contributed by atoms with van der Waals surface area (Å²) in [5, 5.41) is 7.47. The molecular formula is C18H19N3O3. The summed E-state index contributed by atoms with van der Waals surface area (Å²) in [6.07, 6.45) is 0. The molecule has 1 amide bonds. The number of nitrogens with zero attached hydrogens (tertiary/aromatic N) is 2. The molecule has 0 spiro atoms. The average Bonchev–Trinajstić information content (AvgIpc) is 2.96. The summed E-state index contributed by atoms with van der Waals surface area (Å²) in [7, 11) is 1.60. The van der Waals surface area contributed by atoms with Gasteiger partial charge in [0.15, 0.2) is 0 Å². The van der Waals surface area contributed by atoms with E-state index in [0.717, 1.165) is 11.4 Å². The highest BCUT2D eigenvalue weighted by molar-refractivity contribution is 6.12. The quantitative estimate of drug-likeness (QED) is 0.787. The lowest BCUT2D eigenvalue weighted by Crippen LogP contribution is -2.13. The molecule has 3 rings (SSSR count). The molecule has 6 nitrogen and oxygen atoms in total. The van der Waals surface area contributed by atoms with Crippen LogP contribution in [0.2, 0.25) is 0 Å². The van der Waals surface area contributed by atoms with E-state index in [1.807, 2.05) is 13.8 Å². The molecule has 24 heavy (non-hydrogen) atoms. The van der Waals surface area contributed by atoms with Gasteiger partial charge >= 0.3 is 0 Å². The van der Waals surface area contributed by atoms with Crippen LogP contribution in [0, 0.1) is 6.92 Å². The van der Waals surface area contributed by atoms with E-state index in [1.165, 1.54) is 0 Å². The monoisotopic (exact) mass is 325 g/mol. The molecular weight excluding hydrogens is 306 g/mol. The van der Waals surface area contributed by atoms with Crippen molar-refractivity contribution in [1.82, 2.24) is 10.1 Å². The van der Waals surface area contributed by atoms with E-state index in [2.05, 4.69) is 15.5 Å². The lowest BCUT2D eigenvalue weighted by Gasteiger charge is -2.10. The van der Waals surface area contributed by atoms with Gasteiger partial charge in [0.05, 0.1) is 23.8 Å². The van der Waals surface area contributed by atoms with Crippen LogP contribution in [0.4, 0.5) is 5.69 Å². The number of amides is 1. The van der Waals surface area contributed by atoms with Crippen molar-refractivity contribution in [3.05, 3.63) is 47.3 Å². The molecule has 0 aliphatic carbocycles. The van der Waals surface area contributed by atoms with Crippen LogP contribution < -0.4 is 10.1 Å². The maximum Gasteiger partial charge on any atom is 0.259 e. The number of fused-ring (bicyclic) bond motifs is 1. The van der Waals surface area contributed by atoms with E-state index in [9.17, 15) is 4.79 Å². The molecule has 3 aromatic rings. The molecule has 2 heterocycles. The van der Waals surface area contributed by atoms with Gasteiger partial charge in [-0.25, -0.2) is 4.98 Å². The number of hydrogen-bond donors (Lipinski definition) is 1. The Morgan fingerprint density at radius 3 is 2.58 bits per heavy atom. The van der Waals surface area contributed by atoms with Gasteiger partial charge in [0.2, 0.25) is 0 Å². The number of aromatic nitrogens is 2. The third kappa shape index (κ3) is 2.95. The minimum absolute atomic E-state index is 0.173. The summed E-state index contributed by atoms with van der Waals surface area (Å²) in [6, 6.07) is 8.97. The highest BCUT2D eigenvalue weighted by Crippen LogP contribution is 2.26. The van der Waals surface area contributed by atoms with E-state index < -0.39 is 0 Å². The fourth-order valence-corrected chi connectivity index (χ4v) is 2.46. The zero-order valence-corrected chi connectivity index (χ0v) is 14.1. The smallest absolute Gasteiger partial charge is 0.259 e. The zero-order chi connectivity index (χ0) is 17.3. The van der Waals surface area contributed by atoms with E-state index in [-0.39, 0.29) is 11.8 Å². The fraction of sp³-hybridized carbons (Fsp3) is 0.278. The highest BCUT2D eigenvalue weighted by atomic mass is 16.5. The second kappa shape index (κ2) is 6.31. The first-order valence-electron chi connectivity index (χ1n) is 7.72. The van der Waals surface area contributed by atoms with Crippen molar-refractivity contribution >= 4 is 22.7 Å². The van der Waals surface area contributed by atoms with Crippen molar-refractivity contribution in [2.45, 2.75) is 26.7 Å². The minimum Gasteiger partial charge on any atom is -0.497 e. The predicted molar refractivity (Wildman–Crippen MR) is 91.6 cm³/mol. The van der Waals surface area contributed by atoms with Gasteiger partial charge in [-0.2, -0.15) is 0 Å². The Bertz CT molecular complexity index is 882. The van der Waals surface area contributed by atoms with Crippen molar-refractivity contribution < 1.29 is 14.1 Å². The number of pyridine rings is 1. The predicted octanol–water partition coefficient (Wildman–Crippen LogP) is 3.92. The lowest BCUT2D eigenvalue weighted by atomic mass is 10.0. The number of ether oxygens (including phenoxy) is 1. The van der Waals surface area contributed by atoms with E-state index in [4.69, 9.17) is 9.26 Å². The number of rotatable bonds is 4. The molecule has 0 aliphatic rings. The van der Waals surface area contributed by atoms with Crippen LogP contribution in [0.15, 0.2) is 34.9 Å². The third-order valence-corrected chi connectivity index (χ3v) is 3.82. The summed E-state index contributed by atoms with van der Waals surface area (Å²) in [5.74, 6) is 0.685. The number of carbonyl (C=O) groups is 1. The van der Waals surface area contributed by atoms with Crippen LogP contribution in [0.5, 0.6) is 5.75 Å². The van der Waals surface area contributed by atoms with Gasteiger partial charge in [-0.15, -0.1) is 0 Å². The summed E-state index contributed by atoms with van der Waals surface area (Å²) in [6.45, 7) is 5.83. The largest absolute Gasteiger partial charge is 0.497 e. The second-order valence-electron chi connectivity index (χ2n) is 5.88. The summed E-state index contributed by atoms with van der Waals surface area (Å²) in [4.78, 5) is 17.2. The fourth-order valence-electron chi connectivity index (χ4n) is 2.46. The molecule has 0 aliphatic heterocycles. The Hall–Kier alpha value is -2.89. The number of carbonyl (C=O) groups excluding carboxylic acids is 1. The number of hydrogen-bond acceptors (Lipinski definition) is 5. The second-order valence-corrected chi connectivity index (χ2v) is 5.88. The number of anilines is 1. The van der Waals surface area contributed by atoms with E-state index in [1.54, 1.807) is 44.4 Å². The molecule has 0 radical (unpaired) electrons. The number of benzene rings is 1. The molecule has 0 bridgehead atoms.